The molecule has 1 rings (SSSR count). The zero-order valence-electron chi connectivity index (χ0n) is 8.29. The Balaban J connectivity index is 3.14. The van der Waals surface area contributed by atoms with Crippen molar-refractivity contribution in [1.29, 1.82) is 0 Å². The Labute approximate surface area is 81.9 Å². The number of aromatic nitrogens is 1. The number of rotatable bonds is 3. The Morgan fingerprint density at radius 3 is 2.79 bits per heavy atom. The maximum atomic E-state index is 11.6. The second-order valence-corrected chi connectivity index (χ2v) is 2.96. The van der Waals surface area contributed by atoms with Crippen LogP contribution in [0.15, 0.2) is 17.2 Å². The number of hydrogen-bond acceptors (Lipinski definition) is 3. The van der Waals surface area contributed by atoms with Gasteiger partial charge in [0.25, 0.3) is 0 Å². The molecule has 0 aliphatic carbocycles. The van der Waals surface area contributed by atoms with Crippen LogP contribution in [0.25, 0.3) is 0 Å². The summed E-state index contributed by atoms with van der Waals surface area (Å²) in [5.74, 6) is -0.593. The van der Waals surface area contributed by atoms with Gasteiger partial charge in [-0.2, -0.15) is 0 Å². The highest BCUT2D eigenvalue weighted by Crippen LogP contribution is 1.98. The lowest BCUT2D eigenvalue weighted by Crippen LogP contribution is -2.20. The zero-order chi connectivity index (χ0) is 10.6. The van der Waals surface area contributed by atoms with E-state index in [9.17, 15) is 9.59 Å². The van der Waals surface area contributed by atoms with Crippen LogP contribution in [0, 0.1) is 0 Å². The summed E-state index contributed by atoms with van der Waals surface area (Å²) in [5, 5.41) is 0. The molecule has 1 N–H and O–H groups in total. The molecule has 0 aliphatic heterocycles. The van der Waals surface area contributed by atoms with E-state index in [0.29, 0.717) is 12.0 Å². The minimum Gasteiger partial charge on any atom is -0.465 e. The van der Waals surface area contributed by atoms with Crippen molar-refractivity contribution in [2.45, 2.75) is 19.8 Å². The van der Waals surface area contributed by atoms with Crippen LogP contribution in [0.4, 0.5) is 0 Å². The van der Waals surface area contributed by atoms with Crippen molar-refractivity contribution in [3.05, 3.63) is 33.7 Å². The van der Waals surface area contributed by atoms with E-state index in [1.807, 2.05) is 6.92 Å². The Morgan fingerprint density at radius 1 is 1.50 bits per heavy atom. The van der Waals surface area contributed by atoms with Gasteiger partial charge < -0.3 is 9.72 Å². The summed E-state index contributed by atoms with van der Waals surface area (Å²) in [6, 6.07) is 0. The van der Waals surface area contributed by atoms with Crippen LogP contribution in [0.1, 0.15) is 29.3 Å². The van der Waals surface area contributed by atoms with Crippen molar-refractivity contribution in [3.8, 4) is 0 Å². The highest BCUT2D eigenvalue weighted by molar-refractivity contribution is 5.88. The molecule has 0 amide bonds. The Kier molecular flexibility index (Phi) is 3.45. The maximum Gasteiger partial charge on any atom is 0.343 e. The minimum absolute atomic E-state index is 0.0680. The molecule has 0 saturated heterocycles. The number of ether oxygens (including phenoxy) is 1. The minimum atomic E-state index is -0.593. The van der Waals surface area contributed by atoms with Crippen LogP contribution in [0.5, 0.6) is 0 Å². The lowest BCUT2D eigenvalue weighted by atomic mass is 10.1. The molecule has 0 bridgehead atoms. The van der Waals surface area contributed by atoms with Crippen LogP contribution in [0.2, 0.25) is 0 Å². The number of esters is 1. The number of H-pyrrole nitrogens is 1. The highest BCUT2D eigenvalue weighted by Gasteiger charge is 2.12. The zero-order valence-corrected chi connectivity index (χ0v) is 8.29. The largest absolute Gasteiger partial charge is 0.465 e. The van der Waals surface area contributed by atoms with E-state index in [2.05, 4.69) is 9.72 Å². The number of hydrogen-bond donors (Lipinski definition) is 1. The SMILES string of the molecule is CCCc1c[nH]cc(C(=O)OC)c1=O. The molecule has 0 saturated carbocycles. The number of methoxy groups -OCH3 is 1. The van der Waals surface area contributed by atoms with Crippen molar-refractivity contribution in [3.63, 3.8) is 0 Å². The molecular formula is C10H13NO3. The van der Waals surface area contributed by atoms with Crippen molar-refractivity contribution in [2.75, 3.05) is 7.11 Å². The molecule has 0 radical (unpaired) electrons. The average Bonchev–Trinajstić information content (AvgIpc) is 2.20. The van der Waals surface area contributed by atoms with Gasteiger partial charge >= 0.3 is 5.97 Å². The molecule has 1 aromatic rings. The first-order chi connectivity index (χ1) is 6.70. The van der Waals surface area contributed by atoms with Crippen LogP contribution in [0.3, 0.4) is 0 Å². The van der Waals surface area contributed by atoms with Gasteiger partial charge in [-0.15, -0.1) is 0 Å². The molecule has 4 nitrogen and oxygen atoms in total. The molecule has 1 aromatic heterocycles. The lowest BCUT2D eigenvalue weighted by Gasteiger charge is -2.01. The number of carbonyl (C=O) groups is 1. The van der Waals surface area contributed by atoms with E-state index < -0.39 is 5.97 Å². The van der Waals surface area contributed by atoms with Gasteiger partial charge in [0.2, 0.25) is 0 Å². The molecule has 0 aliphatic rings. The van der Waals surface area contributed by atoms with Crippen LogP contribution in [-0.2, 0) is 11.2 Å². The predicted octanol–water partition coefficient (Wildman–Crippen LogP) is 1.11. The van der Waals surface area contributed by atoms with E-state index in [-0.39, 0.29) is 11.0 Å². The first kappa shape index (κ1) is 10.5. The third-order valence-electron chi connectivity index (χ3n) is 1.95. The fourth-order valence-electron chi connectivity index (χ4n) is 1.25. The number of aromatic amines is 1. The molecular weight excluding hydrogens is 182 g/mol. The van der Waals surface area contributed by atoms with Gasteiger partial charge in [0.05, 0.1) is 7.11 Å². The van der Waals surface area contributed by atoms with Gasteiger partial charge in [0.15, 0.2) is 5.43 Å². The van der Waals surface area contributed by atoms with Crippen molar-refractivity contribution < 1.29 is 9.53 Å². The molecule has 14 heavy (non-hydrogen) atoms. The predicted molar refractivity (Wildman–Crippen MR) is 52.4 cm³/mol. The second-order valence-electron chi connectivity index (χ2n) is 2.96. The summed E-state index contributed by atoms with van der Waals surface area (Å²) >= 11 is 0. The topological polar surface area (TPSA) is 59.2 Å². The monoisotopic (exact) mass is 195 g/mol. The van der Waals surface area contributed by atoms with E-state index in [0.717, 1.165) is 6.42 Å². The molecule has 0 unspecified atom stereocenters. The summed E-state index contributed by atoms with van der Waals surface area (Å²) in [6.07, 6.45) is 4.53. The molecule has 0 aromatic carbocycles. The van der Waals surface area contributed by atoms with E-state index in [1.54, 1.807) is 6.20 Å². The summed E-state index contributed by atoms with van der Waals surface area (Å²) in [4.78, 5) is 25.6. The molecule has 0 fully saturated rings. The maximum absolute atomic E-state index is 11.6. The van der Waals surface area contributed by atoms with Gasteiger partial charge in [0.1, 0.15) is 5.56 Å². The standard InChI is InChI=1S/C10H13NO3/c1-3-4-7-5-11-6-8(9(7)12)10(13)14-2/h5-6H,3-4H2,1-2H3,(H,11,12). The second kappa shape index (κ2) is 4.60. The Hall–Kier alpha value is -1.58. The van der Waals surface area contributed by atoms with Crippen LogP contribution < -0.4 is 5.43 Å². The van der Waals surface area contributed by atoms with Gasteiger partial charge in [-0.1, -0.05) is 13.3 Å². The summed E-state index contributed by atoms with van der Waals surface area (Å²) in [5.41, 5.74) is 0.450. The van der Waals surface area contributed by atoms with Gasteiger partial charge in [-0.25, -0.2) is 4.79 Å². The molecule has 0 atom stereocenters. The Morgan fingerprint density at radius 2 is 2.21 bits per heavy atom. The van der Waals surface area contributed by atoms with E-state index in [4.69, 9.17) is 0 Å². The smallest absolute Gasteiger partial charge is 0.343 e. The first-order valence-electron chi connectivity index (χ1n) is 4.49. The molecule has 1 heterocycles. The van der Waals surface area contributed by atoms with Crippen molar-refractivity contribution >= 4 is 5.97 Å². The summed E-state index contributed by atoms with van der Waals surface area (Å²) < 4.78 is 4.49. The van der Waals surface area contributed by atoms with Crippen molar-refractivity contribution in [1.82, 2.24) is 4.98 Å². The fourth-order valence-corrected chi connectivity index (χ4v) is 1.25. The van der Waals surface area contributed by atoms with Crippen molar-refractivity contribution in [2.24, 2.45) is 0 Å². The number of carbonyl (C=O) groups excluding carboxylic acids is 1. The number of pyridine rings is 1. The quantitative estimate of drug-likeness (QED) is 0.735. The molecule has 0 spiro atoms. The fraction of sp³-hybridized carbons (Fsp3) is 0.400. The number of nitrogens with one attached hydrogen (secondary N) is 1. The van der Waals surface area contributed by atoms with Crippen LogP contribution in [-0.4, -0.2) is 18.1 Å². The summed E-state index contributed by atoms with van der Waals surface area (Å²) in [6.45, 7) is 1.98. The number of aryl methyl sites for hydroxylation is 1. The highest BCUT2D eigenvalue weighted by atomic mass is 16.5. The van der Waals surface area contributed by atoms with Crippen LogP contribution >= 0.6 is 0 Å². The first-order valence-corrected chi connectivity index (χ1v) is 4.49. The van der Waals surface area contributed by atoms with Gasteiger partial charge in [-0.05, 0) is 6.42 Å². The average molecular weight is 195 g/mol. The normalized spacial score (nSPS) is 9.86. The Bertz CT molecular complexity index is 381. The molecule has 76 valence electrons. The van der Waals surface area contributed by atoms with E-state index in [1.165, 1.54) is 13.3 Å². The molecule has 4 heteroatoms. The summed E-state index contributed by atoms with van der Waals surface area (Å²) in [7, 11) is 1.26. The third-order valence-corrected chi connectivity index (χ3v) is 1.95. The lowest BCUT2D eigenvalue weighted by molar-refractivity contribution is 0.0598. The van der Waals surface area contributed by atoms with E-state index >= 15 is 0 Å². The van der Waals surface area contributed by atoms with Gasteiger partial charge in [0, 0.05) is 18.0 Å². The third kappa shape index (κ3) is 2.02. The van der Waals surface area contributed by atoms with Gasteiger partial charge in [-0.3, -0.25) is 4.79 Å².